The molecule has 1 aromatic rings. The van der Waals surface area contributed by atoms with Crippen LogP contribution in [0.15, 0.2) is 6.07 Å². The molecule has 2 rings (SSSR count). The maximum absolute atomic E-state index is 10.9. The van der Waals surface area contributed by atoms with E-state index < -0.39 is 10.0 Å². The lowest BCUT2D eigenvalue weighted by atomic mass is 10.1. The first-order valence-electron chi connectivity index (χ1n) is 6.44. The highest BCUT2D eigenvalue weighted by Crippen LogP contribution is 2.25. The van der Waals surface area contributed by atoms with Crippen LogP contribution in [0.1, 0.15) is 29.7 Å². The molecule has 1 aliphatic carbocycles. The normalized spacial score (nSPS) is 14.1. The van der Waals surface area contributed by atoms with E-state index in [0.717, 1.165) is 30.5 Å². The molecule has 0 radical (unpaired) electrons. The second-order valence-electron chi connectivity index (χ2n) is 4.86. The van der Waals surface area contributed by atoms with Crippen LogP contribution in [-0.2, 0) is 22.9 Å². The first kappa shape index (κ1) is 15.1. The minimum atomic E-state index is -3.43. The SMILES string of the molecule is NC(=S)c1cc2c(nc1NCCCS(N)(=O)=O)CCC2. The van der Waals surface area contributed by atoms with Crippen LogP contribution in [-0.4, -0.2) is 30.7 Å². The second kappa shape index (κ2) is 6.02. The lowest BCUT2D eigenvalue weighted by Crippen LogP contribution is -2.20. The van der Waals surface area contributed by atoms with Gasteiger partial charge in [-0.05, 0) is 37.3 Å². The van der Waals surface area contributed by atoms with E-state index in [1.807, 2.05) is 6.07 Å². The fraction of sp³-hybridized carbons (Fsp3) is 0.500. The number of nitrogens with zero attached hydrogens (tertiary/aromatic N) is 1. The number of hydrogen-bond acceptors (Lipinski definition) is 5. The molecule has 0 amide bonds. The van der Waals surface area contributed by atoms with E-state index in [0.29, 0.717) is 23.8 Å². The fourth-order valence-electron chi connectivity index (χ4n) is 2.27. The summed E-state index contributed by atoms with van der Waals surface area (Å²) in [5.74, 6) is 0.570. The highest BCUT2D eigenvalue weighted by molar-refractivity contribution is 7.89. The molecule has 20 heavy (non-hydrogen) atoms. The number of hydrogen-bond donors (Lipinski definition) is 3. The van der Waals surface area contributed by atoms with E-state index in [9.17, 15) is 8.42 Å². The molecule has 0 saturated carbocycles. The average molecular weight is 314 g/mol. The summed E-state index contributed by atoms with van der Waals surface area (Å²) >= 11 is 5.04. The van der Waals surface area contributed by atoms with E-state index in [2.05, 4.69) is 10.3 Å². The highest BCUT2D eigenvalue weighted by Gasteiger charge is 2.17. The van der Waals surface area contributed by atoms with Crippen molar-refractivity contribution in [2.24, 2.45) is 10.9 Å². The minimum Gasteiger partial charge on any atom is -0.389 e. The van der Waals surface area contributed by atoms with Gasteiger partial charge in [0.25, 0.3) is 0 Å². The first-order chi connectivity index (χ1) is 9.37. The molecule has 0 aliphatic heterocycles. The minimum absolute atomic E-state index is 0.0622. The Labute approximate surface area is 124 Å². The standard InChI is InChI=1S/C12H18N4O2S2/c13-11(19)9-7-8-3-1-4-10(8)16-12(9)15-5-2-6-20(14,17)18/h7H,1-6H2,(H2,13,19)(H,15,16)(H2,14,17,18). The second-order valence-corrected chi connectivity index (χ2v) is 7.03. The van der Waals surface area contributed by atoms with Crippen molar-refractivity contribution in [2.45, 2.75) is 25.7 Å². The van der Waals surface area contributed by atoms with E-state index in [-0.39, 0.29) is 5.75 Å². The van der Waals surface area contributed by atoms with E-state index in [1.54, 1.807) is 0 Å². The third-order valence-electron chi connectivity index (χ3n) is 3.21. The molecule has 1 aromatic heterocycles. The monoisotopic (exact) mass is 314 g/mol. The molecular formula is C12H18N4O2S2. The van der Waals surface area contributed by atoms with Crippen LogP contribution in [0.3, 0.4) is 0 Å². The number of primary sulfonamides is 1. The van der Waals surface area contributed by atoms with Crippen molar-refractivity contribution in [1.82, 2.24) is 4.98 Å². The van der Waals surface area contributed by atoms with Gasteiger partial charge in [0, 0.05) is 12.2 Å². The van der Waals surface area contributed by atoms with Gasteiger partial charge < -0.3 is 11.1 Å². The van der Waals surface area contributed by atoms with Gasteiger partial charge in [-0.15, -0.1) is 0 Å². The van der Waals surface area contributed by atoms with E-state index in [4.69, 9.17) is 23.1 Å². The molecule has 8 heteroatoms. The van der Waals surface area contributed by atoms with Gasteiger partial charge in [0.05, 0.1) is 11.3 Å². The molecule has 1 heterocycles. The molecule has 0 fully saturated rings. The van der Waals surface area contributed by atoms with Crippen molar-refractivity contribution >= 4 is 33.0 Å². The molecule has 0 aromatic carbocycles. The predicted octanol–water partition coefficient (Wildman–Crippen LogP) is 0.295. The van der Waals surface area contributed by atoms with Gasteiger partial charge in [-0.25, -0.2) is 18.5 Å². The summed E-state index contributed by atoms with van der Waals surface area (Å²) in [5, 5.41) is 8.05. The van der Waals surface area contributed by atoms with Gasteiger partial charge in [0.2, 0.25) is 10.0 Å². The van der Waals surface area contributed by atoms with Gasteiger partial charge >= 0.3 is 0 Å². The van der Waals surface area contributed by atoms with Crippen molar-refractivity contribution in [3.05, 3.63) is 22.9 Å². The largest absolute Gasteiger partial charge is 0.389 e. The summed E-state index contributed by atoms with van der Waals surface area (Å²) in [4.78, 5) is 4.84. The number of nitrogens with two attached hydrogens (primary N) is 2. The maximum atomic E-state index is 10.9. The summed E-state index contributed by atoms with van der Waals surface area (Å²) in [7, 11) is -3.43. The predicted molar refractivity (Wildman–Crippen MR) is 83.2 cm³/mol. The van der Waals surface area contributed by atoms with Gasteiger partial charge in [0.1, 0.15) is 10.8 Å². The molecule has 6 nitrogen and oxygen atoms in total. The Kier molecular flexibility index (Phi) is 4.56. The summed E-state index contributed by atoms with van der Waals surface area (Å²) < 4.78 is 21.7. The van der Waals surface area contributed by atoms with E-state index in [1.165, 1.54) is 5.56 Å². The van der Waals surface area contributed by atoms with Crippen LogP contribution in [0, 0.1) is 0 Å². The molecule has 0 bridgehead atoms. The van der Waals surface area contributed by atoms with Crippen molar-refractivity contribution in [3.8, 4) is 0 Å². The summed E-state index contributed by atoms with van der Waals surface area (Å²) in [5.41, 5.74) is 8.70. The third-order valence-corrected chi connectivity index (χ3v) is 4.29. The third kappa shape index (κ3) is 3.87. The molecule has 0 spiro atoms. The number of sulfonamides is 1. The van der Waals surface area contributed by atoms with Crippen LogP contribution in [0.25, 0.3) is 0 Å². The van der Waals surface area contributed by atoms with Crippen LogP contribution >= 0.6 is 12.2 Å². The zero-order valence-electron chi connectivity index (χ0n) is 11.1. The number of pyridine rings is 1. The number of aromatic nitrogens is 1. The zero-order chi connectivity index (χ0) is 14.8. The summed E-state index contributed by atoms with van der Waals surface area (Å²) in [6.07, 6.45) is 3.46. The molecule has 0 atom stereocenters. The maximum Gasteiger partial charge on any atom is 0.209 e. The molecule has 0 saturated heterocycles. The molecular weight excluding hydrogens is 296 g/mol. The number of anilines is 1. The molecule has 5 N–H and O–H groups in total. The van der Waals surface area contributed by atoms with Crippen LogP contribution in [0.5, 0.6) is 0 Å². The van der Waals surface area contributed by atoms with Gasteiger partial charge in [0.15, 0.2) is 0 Å². The van der Waals surface area contributed by atoms with Crippen molar-refractivity contribution < 1.29 is 8.42 Å². The van der Waals surface area contributed by atoms with Gasteiger partial charge in [-0.1, -0.05) is 12.2 Å². The Hall–Kier alpha value is -1.25. The fourth-order valence-corrected chi connectivity index (χ4v) is 2.98. The zero-order valence-corrected chi connectivity index (χ0v) is 12.7. The van der Waals surface area contributed by atoms with Gasteiger partial charge in [-0.2, -0.15) is 0 Å². The number of fused-ring (bicyclic) bond motifs is 1. The van der Waals surface area contributed by atoms with Gasteiger partial charge in [-0.3, -0.25) is 0 Å². The summed E-state index contributed by atoms with van der Waals surface area (Å²) in [6, 6.07) is 1.99. The highest BCUT2D eigenvalue weighted by atomic mass is 32.2. The Morgan fingerprint density at radius 3 is 2.85 bits per heavy atom. The smallest absolute Gasteiger partial charge is 0.209 e. The van der Waals surface area contributed by atoms with Crippen LogP contribution in [0.2, 0.25) is 0 Å². The number of nitrogens with one attached hydrogen (secondary N) is 1. The Balaban J connectivity index is 2.08. The van der Waals surface area contributed by atoms with E-state index >= 15 is 0 Å². The Morgan fingerprint density at radius 1 is 1.45 bits per heavy atom. The lowest BCUT2D eigenvalue weighted by molar-refractivity contribution is 0.595. The topological polar surface area (TPSA) is 111 Å². The molecule has 110 valence electrons. The molecule has 0 unspecified atom stereocenters. The summed E-state index contributed by atoms with van der Waals surface area (Å²) in [6.45, 7) is 0.456. The van der Waals surface area contributed by atoms with Crippen molar-refractivity contribution in [3.63, 3.8) is 0 Å². The van der Waals surface area contributed by atoms with Crippen molar-refractivity contribution in [2.75, 3.05) is 17.6 Å². The van der Waals surface area contributed by atoms with Crippen LogP contribution in [0.4, 0.5) is 5.82 Å². The Bertz CT molecular complexity index is 629. The number of aryl methyl sites for hydroxylation is 2. The number of rotatable bonds is 6. The van der Waals surface area contributed by atoms with Crippen LogP contribution < -0.4 is 16.2 Å². The average Bonchev–Trinajstić information content (AvgIpc) is 2.79. The molecule has 1 aliphatic rings. The first-order valence-corrected chi connectivity index (χ1v) is 8.56. The lowest BCUT2D eigenvalue weighted by Gasteiger charge is -2.12. The van der Waals surface area contributed by atoms with Crippen molar-refractivity contribution in [1.29, 1.82) is 0 Å². The quantitative estimate of drug-likeness (QED) is 0.514. The Morgan fingerprint density at radius 2 is 2.20 bits per heavy atom. The number of thiocarbonyl (C=S) groups is 1.